The second kappa shape index (κ2) is 9.05. The Morgan fingerprint density at radius 1 is 1.14 bits per heavy atom. The summed E-state index contributed by atoms with van der Waals surface area (Å²) in [4.78, 5) is 24.0. The number of nitrogens with one attached hydrogen (secondary N) is 1. The summed E-state index contributed by atoms with van der Waals surface area (Å²) in [6.45, 7) is -0.471. The van der Waals surface area contributed by atoms with Gasteiger partial charge < -0.3 is 14.8 Å². The van der Waals surface area contributed by atoms with E-state index in [2.05, 4.69) is 10.1 Å². The largest absolute Gasteiger partial charge is 0.495 e. The summed E-state index contributed by atoms with van der Waals surface area (Å²) in [6.07, 6.45) is 0. The zero-order chi connectivity index (χ0) is 20.9. The molecule has 0 aliphatic carbocycles. The molecule has 0 spiro atoms. The first kappa shape index (κ1) is 21.7. The maximum Gasteiger partial charge on any atom is 0.339 e. The van der Waals surface area contributed by atoms with E-state index in [0.717, 1.165) is 4.31 Å². The number of halogens is 1. The minimum absolute atomic E-state index is 0.0800. The standard InChI is InChI=1S/C18H19ClN2O6S/c1-21(28(24,25)12-8-9-16(26-2)14(19)10-12)11-17(22)20-15-7-5-4-6-13(15)18(23)27-3/h4-10H,11H2,1-3H3,(H,20,22). The van der Waals surface area contributed by atoms with Gasteiger partial charge in [0.2, 0.25) is 15.9 Å². The average molecular weight is 427 g/mol. The number of hydrogen-bond donors (Lipinski definition) is 1. The first-order valence-electron chi connectivity index (χ1n) is 7.97. The van der Waals surface area contributed by atoms with Crippen LogP contribution in [-0.4, -0.2) is 52.4 Å². The number of likely N-dealkylation sites (N-methyl/N-ethyl adjacent to an activating group) is 1. The molecule has 28 heavy (non-hydrogen) atoms. The summed E-state index contributed by atoms with van der Waals surface area (Å²) < 4.78 is 35.9. The zero-order valence-electron chi connectivity index (χ0n) is 15.4. The van der Waals surface area contributed by atoms with E-state index < -0.39 is 28.4 Å². The van der Waals surface area contributed by atoms with Crippen molar-refractivity contribution in [1.82, 2.24) is 4.31 Å². The number of para-hydroxylation sites is 1. The van der Waals surface area contributed by atoms with E-state index in [1.165, 1.54) is 51.6 Å². The lowest BCUT2D eigenvalue weighted by Gasteiger charge is -2.18. The Morgan fingerprint density at radius 2 is 1.82 bits per heavy atom. The van der Waals surface area contributed by atoms with Gasteiger partial charge in [-0.25, -0.2) is 13.2 Å². The number of nitrogens with zero attached hydrogens (tertiary/aromatic N) is 1. The third-order valence-corrected chi connectivity index (χ3v) is 5.90. The Hall–Kier alpha value is -2.62. The molecular formula is C18H19ClN2O6S. The highest BCUT2D eigenvalue weighted by molar-refractivity contribution is 7.89. The summed E-state index contributed by atoms with van der Waals surface area (Å²) in [5.41, 5.74) is 0.378. The maximum absolute atomic E-state index is 12.7. The Bertz CT molecular complexity index is 993. The molecule has 0 fully saturated rings. The van der Waals surface area contributed by atoms with Gasteiger partial charge in [0.25, 0.3) is 0 Å². The molecule has 0 aliphatic rings. The van der Waals surface area contributed by atoms with E-state index in [0.29, 0.717) is 5.75 Å². The van der Waals surface area contributed by atoms with E-state index >= 15 is 0 Å². The number of benzene rings is 2. The van der Waals surface area contributed by atoms with Crippen molar-refractivity contribution < 1.29 is 27.5 Å². The fraction of sp³-hybridized carbons (Fsp3) is 0.222. The second-order valence-corrected chi connectivity index (χ2v) is 8.09. The minimum Gasteiger partial charge on any atom is -0.495 e. The van der Waals surface area contributed by atoms with Crippen molar-refractivity contribution in [2.24, 2.45) is 0 Å². The van der Waals surface area contributed by atoms with Crippen molar-refractivity contribution in [2.75, 3.05) is 33.1 Å². The van der Waals surface area contributed by atoms with E-state index in [1.807, 2.05) is 0 Å². The number of amides is 1. The van der Waals surface area contributed by atoms with Crippen LogP contribution in [0.25, 0.3) is 0 Å². The minimum atomic E-state index is -3.96. The highest BCUT2D eigenvalue weighted by Crippen LogP contribution is 2.28. The Labute approximate surface area is 168 Å². The van der Waals surface area contributed by atoms with E-state index in [4.69, 9.17) is 16.3 Å². The molecule has 150 valence electrons. The summed E-state index contributed by atoms with van der Waals surface area (Å²) in [7, 11) is -0.0627. The molecule has 0 unspecified atom stereocenters. The molecule has 2 rings (SSSR count). The molecule has 0 bridgehead atoms. The van der Waals surface area contributed by atoms with Gasteiger partial charge in [-0.1, -0.05) is 23.7 Å². The number of hydrogen-bond acceptors (Lipinski definition) is 6. The molecule has 10 heteroatoms. The summed E-state index contributed by atoms with van der Waals surface area (Å²) in [6, 6.07) is 10.3. The predicted octanol–water partition coefficient (Wildman–Crippen LogP) is 2.39. The molecule has 1 N–H and O–H groups in total. The highest BCUT2D eigenvalue weighted by Gasteiger charge is 2.24. The van der Waals surface area contributed by atoms with Gasteiger partial charge in [-0.05, 0) is 30.3 Å². The maximum atomic E-state index is 12.7. The van der Waals surface area contributed by atoms with Crippen LogP contribution in [0, 0.1) is 0 Å². The molecular weight excluding hydrogens is 408 g/mol. The van der Waals surface area contributed by atoms with Gasteiger partial charge in [0.1, 0.15) is 5.75 Å². The van der Waals surface area contributed by atoms with E-state index in [9.17, 15) is 18.0 Å². The summed E-state index contributed by atoms with van der Waals surface area (Å²) in [5, 5.41) is 2.65. The fourth-order valence-electron chi connectivity index (χ4n) is 2.34. The molecule has 0 radical (unpaired) electrons. The zero-order valence-corrected chi connectivity index (χ0v) is 17.0. The first-order valence-corrected chi connectivity index (χ1v) is 9.79. The number of carbonyl (C=O) groups is 2. The molecule has 0 atom stereocenters. The van der Waals surface area contributed by atoms with E-state index in [-0.39, 0.29) is 21.2 Å². The molecule has 0 saturated heterocycles. The van der Waals surface area contributed by atoms with Crippen LogP contribution in [0.5, 0.6) is 5.75 Å². The van der Waals surface area contributed by atoms with Crippen LogP contribution in [0.3, 0.4) is 0 Å². The van der Waals surface area contributed by atoms with Gasteiger partial charge in [0.15, 0.2) is 0 Å². The van der Waals surface area contributed by atoms with Gasteiger partial charge in [0.05, 0.1) is 41.9 Å². The van der Waals surface area contributed by atoms with Gasteiger partial charge >= 0.3 is 5.97 Å². The van der Waals surface area contributed by atoms with E-state index in [1.54, 1.807) is 12.1 Å². The Balaban J connectivity index is 2.16. The smallest absolute Gasteiger partial charge is 0.339 e. The van der Waals surface area contributed by atoms with Gasteiger partial charge in [-0.15, -0.1) is 0 Å². The molecule has 8 nitrogen and oxygen atoms in total. The number of carbonyl (C=O) groups excluding carboxylic acids is 2. The quantitative estimate of drug-likeness (QED) is 0.682. The number of esters is 1. The van der Waals surface area contributed by atoms with Gasteiger partial charge in [0, 0.05) is 7.05 Å². The molecule has 0 heterocycles. The normalized spacial score (nSPS) is 11.2. The van der Waals surface area contributed by atoms with Crippen molar-refractivity contribution >= 4 is 39.2 Å². The Morgan fingerprint density at radius 3 is 2.43 bits per heavy atom. The summed E-state index contributed by atoms with van der Waals surface area (Å²) >= 11 is 5.98. The van der Waals surface area contributed by atoms with Crippen molar-refractivity contribution in [3.63, 3.8) is 0 Å². The molecule has 2 aromatic rings. The monoisotopic (exact) mass is 426 g/mol. The van der Waals surface area contributed by atoms with Crippen LogP contribution >= 0.6 is 11.6 Å². The average Bonchev–Trinajstić information content (AvgIpc) is 2.67. The van der Waals surface area contributed by atoms with Crippen molar-refractivity contribution in [1.29, 1.82) is 0 Å². The van der Waals surface area contributed by atoms with Crippen molar-refractivity contribution in [3.8, 4) is 5.75 Å². The lowest BCUT2D eigenvalue weighted by atomic mass is 10.2. The predicted molar refractivity (Wildman–Crippen MR) is 104 cm³/mol. The number of anilines is 1. The molecule has 0 aliphatic heterocycles. The van der Waals surface area contributed by atoms with Gasteiger partial charge in [-0.3, -0.25) is 4.79 Å². The second-order valence-electron chi connectivity index (χ2n) is 5.64. The van der Waals surface area contributed by atoms with Crippen LogP contribution in [0.1, 0.15) is 10.4 Å². The first-order chi connectivity index (χ1) is 13.2. The molecule has 0 aromatic heterocycles. The van der Waals surface area contributed by atoms with Crippen molar-refractivity contribution in [3.05, 3.63) is 53.1 Å². The summed E-state index contributed by atoms with van der Waals surface area (Å²) in [5.74, 6) is -0.910. The molecule has 1 amide bonds. The van der Waals surface area contributed by atoms with Crippen LogP contribution in [0.4, 0.5) is 5.69 Å². The number of sulfonamides is 1. The number of methoxy groups -OCH3 is 2. The fourth-order valence-corrected chi connectivity index (χ4v) is 3.82. The van der Waals surface area contributed by atoms with Crippen molar-refractivity contribution in [2.45, 2.75) is 4.90 Å². The Kier molecular flexibility index (Phi) is 7.00. The van der Waals surface area contributed by atoms with Crippen LogP contribution in [-0.2, 0) is 19.6 Å². The van der Waals surface area contributed by atoms with Crippen LogP contribution < -0.4 is 10.1 Å². The highest BCUT2D eigenvalue weighted by atomic mass is 35.5. The lowest BCUT2D eigenvalue weighted by molar-refractivity contribution is -0.116. The van der Waals surface area contributed by atoms with Crippen LogP contribution in [0.2, 0.25) is 5.02 Å². The SMILES string of the molecule is COC(=O)c1ccccc1NC(=O)CN(C)S(=O)(=O)c1ccc(OC)c(Cl)c1. The number of ether oxygens (including phenoxy) is 2. The molecule has 0 saturated carbocycles. The molecule has 2 aromatic carbocycles. The third-order valence-electron chi connectivity index (χ3n) is 3.80. The van der Waals surface area contributed by atoms with Crippen LogP contribution in [0.15, 0.2) is 47.4 Å². The van der Waals surface area contributed by atoms with Gasteiger partial charge in [-0.2, -0.15) is 4.31 Å². The third kappa shape index (κ3) is 4.80. The number of rotatable bonds is 7. The topological polar surface area (TPSA) is 102 Å². The lowest BCUT2D eigenvalue weighted by Crippen LogP contribution is -2.35.